The maximum atomic E-state index is 11.9. The number of rotatable bonds is 4. The summed E-state index contributed by atoms with van der Waals surface area (Å²) in [5, 5.41) is 14.8. The van der Waals surface area contributed by atoms with Crippen molar-refractivity contribution in [1.82, 2.24) is 0 Å². The minimum atomic E-state index is -0.917. The van der Waals surface area contributed by atoms with Gasteiger partial charge in [-0.15, -0.1) is 0 Å². The Morgan fingerprint density at radius 2 is 1.82 bits per heavy atom. The minimum Gasteiger partial charge on any atom is -0.872 e. The van der Waals surface area contributed by atoms with Crippen LogP contribution in [-0.2, 0) is 9.59 Å². The van der Waals surface area contributed by atoms with Gasteiger partial charge in [-0.1, -0.05) is 51.5 Å². The Kier molecular flexibility index (Phi) is 5.35. The van der Waals surface area contributed by atoms with E-state index in [2.05, 4.69) is 21.2 Å². The highest BCUT2D eigenvalue weighted by atomic mass is 79.9. The zero-order valence-corrected chi connectivity index (χ0v) is 13.5. The molecule has 22 heavy (non-hydrogen) atoms. The average molecular weight is 380 g/mol. The highest BCUT2D eigenvalue weighted by Crippen LogP contribution is 2.16. The first-order chi connectivity index (χ1) is 10.5. The van der Waals surface area contributed by atoms with Crippen molar-refractivity contribution in [3.8, 4) is 0 Å². The summed E-state index contributed by atoms with van der Waals surface area (Å²) in [6.45, 7) is 0. The van der Waals surface area contributed by atoms with Crippen LogP contribution in [0.5, 0.6) is 0 Å². The van der Waals surface area contributed by atoms with Crippen LogP contribution in [0.1, 0.15) is 5.56 Å². The molecule has 0 aromatic heterocycles. The first kappa shape index (κ1) is 16.3. The quantitative estimate of drug-likeness (QED) is 0.504. The third-order valence-corrected chi connectivity index (χ3v) is 3.44. The second-order valence-corrected chi connectivity index (χ2v) is 5.70. The molecule has 0 fully saturated rings. The number of amides is 1. The molecule has 112 valence electrons. The van der Waals surface area contributed by atoms with E-state index in [4.69, 9.17) is 11.6 Å². The van der Waals surface area contributed by atoms with Crippen molar-refractivity contribution in [2.24, 2.45) is 0 Å². The Hall–Kier alpha value is -2.11. The van der Waals surface area contributed by atoms with Crippen molar-refractivity contribution in [3.05, 3.63) is 69.7 Å². The van der Waals surface area contributed by atoms with Crippen molar-refractivity contribution in [3.63, 3.8) is 0 Å². The Labute approximate surface area is 140 Å². The number of anilines is 1. The van der Waals surface area contributed by atoms with Gasteiger partial charge in [0.05, 0.1) is 0 Å². The fraction of sp³-hybridized carbons (Fsp3) is 0. The highest BCUT2D eigenvalue weighted by Gasteiger charge is 2.11. The zero-order valence-electron chi connectivity index (χ0n) is 11.2. The fourth-order valence-electron chi connectivity index (χ4n) is 1.64. The van der Waals surface area contributed by atoms with E-state index >= 15 is 0 Å². The van der Waals surface area contributed by atoms with E-state index in [0.717, 1.165) is 10.5 Å². The van der Waals surface area contributed by atoms with Gasteiger partial charge >= 0.3 is 0 Å². The second-order valence-electron chi connectivity index (χ2n) is 4.34. The molecule has 0 aliphatic carbocycles. The van der Waals surface area contributed by atoms with Crippen molar-refractivity contribution < 1.29 is 14.7 Å². The topological polar surface area (TPSA) is 69.2 Å². The monoisotopic (exact) mass is 378 g/mol. The van der Waals surface area contributed by atoms with Gasteiger partial charge in [0, 0.05) is 15.2 Å². The van der Waals surface area contributed by atoms with Gasteiger partial charge in [0.25, 0.3) is 5.91 Å². The molecule has 2 aromatic rings. The normalized spacial score (nSPS) is 11.1. The smallest absolute Gasteiger partial charge is 0.296 e. The summed E-state index contributed by atoms with van der Waals surface area (Å²) in [7, 11) is 0. The second kappa shape index (κ2) is 7.24. The number of nitrogens with one attached hydrogen (secondary N) is 1. The van der Waals surface area contributed by atoms with E-state index < -0.39 is 17.4 Å². The van der Waals surface area contributed by atoms with E-state index in [1.165, 1.54) is 24.3 Å². The Balaban J connectivity index is 2.08. The zero-order chi connectivity index (χ0) is 16.1. The molecule has 2 aromatic carbocycles. The summed E-state index contributed by atoms with van der Waals surface area (Å²) in [4.78, 5) is 23.5. The molecule has 4 nitrogen and oxygen atoms in total. The van der Waals surface area contributed by atoms with Gasteiger partial charge in [0.1, 0.15) is 0 Å². The molecule has 1 N–H and O–H groups in total. The van der Waals surface area contributed by atoms with Crippen molar-refractivity contribution in [2.75, 3.05) is 5.32 Å². The van der Waals surface area contributed by atoms with Gasteiger partial charge in [0.2, 0.25) is 5.78 Å². The maximum absolute atomic E-state index is 11.9. The summed E-state index contributed by atoms with van der Waals surface area (Å²) in [5.41, 5.74) is 0.744. The molecule has 6 heteroatoms. The molecule has 0 atom stereocenters. The van der Waals surface area contributed by atoms with Crippen molar-refractivity contribution in [1.29, 1.82) is 0 Å². The van der Waals surface area contributed by atoms with Crippen LogP contribution in [0, 0.1) is 0 Å². The van der Waals surface area contributed by atoms with E-state index in [-0.39, 0.29) is 5.56 Å². The fourth-order valence-corrected chi connectivity index (χ4v) is 2.17. The van der Waals surface area contributed by atoms with Gasteiger partial charge in [0.15, 0.2) is 0 Å². The van der Waals surface area contributed by atoms with Crippen molar-refractivity contribution >= 4 is 50.7 Å². The number of carbonyl (C=O) groups is 2. The predicted octanol–water partition coefficient (Wildman–Crippen LogP) is 3.01. The Morgan fingerprint density at radius 3 is 2.45 bits per heavy atom. The number of carbonyl (C=O) groups excluding carboxylic acids is 2. The van der Waals surface area contributed by atoms with Crippen LogP contribution in [0.15, 0.2) is 59.1 Å². The summed E-state index contributed by atoms with van der Waals surface area (Å²) in [6, 6.07) is 12.8. The van der Waals surface area contributed by atoms with E-state index in [1.54, 1.807) is 24.3 Å². The molecule has 0 saturated carbocycles. The SMILES string of the molecule is O=C(/C=C(\[O-])c1ccc(Cl)cc1)C(=O)Nc1cccc(Br)c1. The lowest BCUT2D eigenvalue weighted by atomic mass is 10.1. The van der Waals surface area contributed by atoms with E-state index in [1.807, 2.05) is 0 Å². The third kappa shape index (κ3) is 4.44. The van der Waals surface area contributed by atoms with Gasteiger partial charge in [-0.2, -0.15) is 0 Å². The van der Waals surface area contributed by atoms with Gasteiger partial charge in [-0.3, -0.25) is 9.59 Å². The van der Waals surface area contributed by atoms with Crippen LogP contribution in [0.2, 0.25) is 5.02 Å². The van der Waals surface area contributed by atoms with Gasteiger partial charge in [-0.25, -0.2) is 0 Å². The minimum absolute atomic E-state index is 0.285. The number of ketones is 1. The molecule has 0 radical (unpaired) electrons. The predicted molar refractivity (Wildman–Crippen MR) is 87.2 cm³/mol. The summed E-state index contributed by atoms with van der Waals surface area (Å²) in [6.07, 6.45) is 0.760. The number of halogens is 2. The molecule has 0 spiro atoms. The molecule has 0 heterocycles. The van der Waals surface area contributed by atoms with Gasteiger partial charge < -0.3 is 10.4 Å². The number of hydrogen-bond donors (Lipinski definition) is 1. The third-order valence-electron chi connectivity index (χ3n) is 2.70. The molecular weight excluding hydrogens is 370 g/mol. The first-order valence-electron chi connectivity index (χ1n) is 6.21. The Morgan fingerprint density at radius 1 is 1.14 bits per heavy atom. The van der Waals surface area contributed by atoms with Crippen LogP contribution in [0.3, 0.4) is 0 Å². The molecule has 0 aliphatic heterocycles. The van der Waals surface area contributed by atoms with Crippen molar-refractivity contribution in [2.45, 2.75) is 0 Å². The summed E-state index contributed by atoms with van der Waals surface area (Å²) in [5.74, 6) is -2.34. The molecule has 0 unspecified atom stereocenters. The lowest BCUT2D eigenvalue weighted by molar-refractivity contribution is -0.243. The van der Waals surface area contributed by atoms with Gasteiger partial charge in [-0.05, 0) is 42.0 Å². The maximum Gasteiger partial charge on any atom is 0.296 e. The van der Waals surface area contributed by atoms with E-state index in [9.17, 15) is 14.7 Å². The molecule has 0 bridgehead atoms. The molecule has 0 saturated heterocycles. The average Bonchev–Trinajstić information content (AvgIpc) is 2.47. The summed E-state index contributed by atoms with van der Waals surface area (Å²) >= 11 is 8.98. The Bertz CT molecular complexity index is 741. The van der Waals surface area contributed by atoms with Crippen LogP contribution >= 0.6 is 27.5 Å². The van der Waals surface area contributed by atoms with Crippen LogP contribution in [-0.4, -0.2) is 11.7 Å². The van der Waals surface area contributed by atoms with Crippen LogP contribution < -0.4 is 10.4 Å². The number of hydrogen-bond acceptors (Lipinski definition) is 3. The highest BCUT2D eigenvalue weighted by molar-refractivity contribution is 9.10. The molecular formula is C16H10BrClNO3-. The number of benzene rings is 2. The molecule has 2 rings (SSSR count). The van der Waals surface area contributed by atoms with Crippen LogP contribution in [0.25, 0.3) is 5.76 Å². The van der Waals surface area contributed by atoms with E-state index in [0.29, 0.717) is 10.7 Å². The standard InChI is InChI=1S/C16H11BrClNO3/c17-11-2-1-3-13(8-11)19-16(22)15(21)9-14(20)10-4-6-12(18)7-5-10/h1-9,20H,(H,19,22)/p-1/b14-9-. The largest absolute Gasteiger partial charge is 0.872 e. The molecule has 1 amide bonds. The van der Waals surface area contributed by atoms with Crippen LogP contribution in [0.4, 0.5) is 5.69 Å². The first-order valence-corrected chi connectivity index (χ1v) is 7.38. The molecule has 0 aliphatic rings. The lowest BCUT2D eigenvalue weighted by Gasteiger charge is -2.11. The summed E-state index contributed by atoms with van der Waals surface area (Å²) < 4.78 is 0.763. The lowest BCUT2D eigenvalue weighted by Crippen LogP contribution is -2.22.